The van der Waals surface area contributed by atoms with Crippen LogP contribution in [0.1, 0.15) is 44.9 Å². The summed E-state index contributed by atoms with van der Waals surface area (Å²) in [6, 6.07) is 13.4. The number of H-pyrrole nitrogens is 1. The number of ether oxygens (including phenoxy) is 1. The Morgan fingerprint density at radius 1 is 1.15 bits per heavy atom. The molecule has 4 aromatic rings. The summed E-state index contributed by atoms with van der Waals surface area (Å²) in [5.74, 6) is 0. The monoisotopic (exact) mass is 464 g/mol. The molecule has 0 saturated carbocycles. The van der Waals surface area contributed by atoms with E-state index in [0.717, 1.165) is 38.5 Å². The molecule has 0 aliphatic rings. The topological polar surface area (TPSA) is 82.6 Å². The predicted molar refractivity (Wildman–Crippen MR) is 134 cm³/mol. The summed E-state index contributed by atoms with van der Waals surface area (Å²) < 4.78 is 6.16. The Hall–Kier alpha value is -3.16. The number of aromatic amines is 1. The molecule has 0 saturated heterocycles. The lowest BCUT2D eigenvalue weighted by Crippen LogP contribution is -2.35. The lowest BCUT2D eigenvalue weighted by molar-refractivity contribution is 0.0234. The van der Waals surface area contributed by atoms with Crippen LogP contribution in [0.4, 0.5) is 4.79 Å². The number of carbonyl (C=O) groups excluding carboxylic acids is 1. The minimum absolute atomic E-state index is 0.107. The quantitative estimate of drug-likeness (QED) is 0.398. The Morgan fingerprint density at radius 3 is 2.48 bits per heavy atom. The van der Waals surface area contributed by atoms with E-state index in [4.69, 9.17) is 4.74 Å². The number of aliphatic hydroxyl groups excluding tert-OH is 1. The van der Waals surface area contributed by atoms with Crippen molar-refractivity contribution in [3.05, 3.63) is 69.3 Å². The van der Waals surface area contributed by atoms with E-state index in [-0.39, 0.29) is 24.3 Å². The van der Waals surface area contributed by atoms with E-state index in [1.54, 1.807) is 11.9 Å². The first-order valence-electron chi connectivity index (χ1n) is 10.8. The van der Waals surface area contributed by atoms with Gasteiger partial charge in [0.2, 0.25) is 0 Å². The molecule has 33 heavy (non-hydrogen) atoms. The number of pyridine rings is 1. The van der Waals surface area contributed by atoms with E-state index in [0.29, 0.717) is 4.70 Å². The van der Waals surface area contributed by atoms with Crippen LogP contribution in [0, 0.1) is 0 Å². The number of carbonyl (C=O) groups is 1. The fourth-order valence-corrected chi connectivity index (χ4v) is 4.79. The van der Waals surface area contributed by atoms with Crippen molar-refractivity contribution in [1.29, 1.82) is 0 Å². The summed E-state index contributed by atoms with van der Waals surface area (Å²) >= 11 is 1.41. The molecule has 1 amide bonds. The van der Waals surface area contributed by atoms with Gasteiger partial charge < -0.3 is 19.7 Å². The van der Waals surface area contributed by atoms with Gasteiger partial charge in [0.25, 0.3) is 5.56 Å². The maximum absolute atomic E-state index is 12.5. The third-order valence-corrected chi connectivity index (χ3v) is 6.71. The zero-order valence-corrected chi connectivity index (χ0v) is 20.2. The van der Waals surface area contributed by atoms with Crippen LogP contribution in [0.15, 0.2) is 52.6 Å². The van der Waals surface area contributed by atoms with Crippen molar-refractivity contribution in [2.45, 2.75) is 45.9 Å². The number of fused-ring (bicyclic) bond motifs is 3. The van der Waals surface area contributed by atoms with Gasteiger partial charge >= 0.3 is 6.09 Å². The number of thiophene rings is 1. The van der Waals surface area contributed by atoms with Crippen LogP contribution in [0.25, 0.3) is 32.1 Å². The second-order valence-corrected chi connectivity index (χ2v) is 10.1. The third kappa shape index (κ3) is 4.38. The first kappa shape index (κ1) is 23.0. The molecule has 1 atom stereocenters. The Balaban J connectivity index is 1.77. The van der Waals surface area contributed by atoms with Crippen LogP contribution in [0.3, 0.4) is 0 Å². The minimum atomic E-state index is -0.558. The minimum Gasteiger partial charge on any atom is -0.444 e. The summed E-state index contributed by atoms with van der Waals surface area (Å²) in [5.41, 5.74) is 3.65. The van der Waals surface area contributed by atoms with Crippen molar-refractivity contribution in [1.82, 2.24) is 9.88 Å². The van der Waals surface area contributed by atoms with Crippen molar-refractivity contribution < 1.29 is 14.6 Å². The number of rotatable bonds is 4. The molecule has 0 bridgehead atoms. The molecule has 172 valence electrons. The fraction of sp³-hybridized carbons (Fsp3) is 0.308. The molecular weight excluding hydrogens is 436 g/mol. The average Bonchev–Trinajstić information content (AvgIpc) is 3.27. The van der Waals surface area contributed by atoms with Crippen molar-refractivity contribution in [2.75, 3.05) is 7.05 Å². The molecular formula is C26H28N2O4S. The second-order valence-electron chi connectivity index (χ2n) is 9.19. The number of amides is 1. The molecule has 0 aliphatic carbocycles. The molecule has 0 radical (unpaired) electrons. The normalized spacial score (nSPS) is 12.8. The van der Waals surface area contributed by atoms with E-state index in [2.05, 4.69) is 4.98 Å². The first-order chi connectivity index (χ1) is 15.6. The van der Waals surface area contributed by atoms with Crippen LogP contribution in [0.2, 0.25) is 0 Å². The molecule has 2 aromatic heterocycles. The lowest BCUT2D eigenvalue weighted by atomic mass is 9.92. The third-order valence-electron chi connectivity index (χ3n) is 5.80. The Morgan fingerprint density at radius 2 is 1.85 bits per heavy atom. The van der Waals surface area contributed by atoms with Gasteiger partial charge in [-0.15, -0.1) is 11.3 Å². The van der Waals surface area contributed by atoms with E-state index < -0.39 is 5.60 Å². The van der Waals surface area contributed by atoms with Gasteiger partial charge in [0.05, 0.1) is 12.6 Å². The standard InChI is InChI=1S/C26H28N2O4S/c1-15(28(5)25(31)32-26(2,3)4)16-6-8-17(9-7-16)21-18(14-29)10-11-20-22(21)19-12-13-33-23(19)24(30)27-20/h6-13,15,29H,14H2,1-5H3,(H,27,30)/t15-/m1/s1. The summed E-state index contributed by atoms with van der Waals surface area (Å²) in [6.45, 7) is 7.38. The Labute approximate surface area is 196 Å². The fourth-order valence-electron chi connectivity index (χ4n) is 4.00. The van der Waals surface area contributed by atoms with Crippen LogP contribution >= 0.6 is 11.3 Å². The van der Waals surface area contributed by atoms with Crippen molar-refractivity contribution in [3.8, 4) is 11.1 Å². The van der Waals surface area contributed by atoms with Gasteiger partial charge in [-0.25, -0.2) is 4.79 Å². The first-order valence-corrected chi connectivity index (χ1v) is 11.7. The maximum Gasteiger partial charge on any atom is 0.410 e. The largest absolute Gasteiger partial charge is 0.444 e. The summed E-state index contributed by atoms with van der Waals surface area (Å²) in [5, 5.41) is 13.8. The second kappa shape index (κ2) is 8.65. The molecule has 0 unspecified atom stereocenters. The van der Waals surface area contributed by atoms with Crippen molar-refractivity contribution >= 4 is 38.4 Å². The molecule has 0 spiro atoms. The number of aromatic nitrogens is 1. The average molecular weight is 465 g/mol. The van der Waals surface area contributed by atoms with E-state index in [1.807, 2.05) is 75.5 Å². The smallest absolute Gasteiger partial charge is 0.410 e. The molecule has 2 heterocycles. The van der Waals surface area contributed by atoms with Crippen molar-refractivity contribution in [3.63, 3.8) is 0 Å². The van der Waals surface area contributed by atoms with Gasteiger partial charge in [-0.2, -0.15) is 0 Å². The van der Waals surface area contributed by atoms with Crippen LogP contribution in [-0.2, 0) is 11.3 Å². The van der Waals surface area contributed by atoms with Gasteiger partial charge in [-0.05, 0) is 67.5 Å². The molecule has 2 aromatic carbocycles. The summed E-state index contributed by atoms with van der Waals surface area (Å²) in [7, 11) is 1.73. The van der Waals surface area contributed by atoms with Gasteiger partial charge in [0.15, 0.2) is 0 Å². The molecule has 0 aliphatic heterocycles. The maximum atomic E-state index is 12.5. The van der Waals surface area contributed by atoms with Crippen molar-refractivity contribution in [2.24, 2.45) is 0 Å². The zero-order chi connectivity index (χ0) is 23.9. The van der Waals surface area contributed by atoms with Gasteiger partial charge in [0.1, 0.15) is 10.3 Å². The highest BCUT2D eigenvalue weighted by atomic mass is 32.1. The zero-order valence-electron chi connectivity index (χ0n) is 19.4. The SMILES string of the molecule is C[C@H](c1ccc(-c2c(CO)ccc3[nH]c(=O)c4sccc4c23)cc1)N(C)C(=O)OC(C)(C)C. The molecule has 0 fully saturated rings. The Bertz CT molecular complexity index is 1380. The van der Waals surface area contributed by atoms with Crippen LogP contribution < -0.4 is 5.56 Å². The summed E-state index contributed by atoms with van der Waals surface area (Å²) in [6.07, 6.45) is -0.375. The van der Waals surface area contributed by atoms with E-state index >= 15 is 0 Å². The molecule has 6 nitrogen and oxygen atoms in total. The Kier molecular flexibility index (Phi) is 6.03. The highest BCUT2D eigenvalue weighted by molar-refractivity contribution is 7.17. The number of nitrogens with one attached hydrogen (secondary N) is 1. The van der Waals surface area contributed by atoms with Gasteiger partial charge in [0, 0.05) is 23.3 Å². The molecule has 7 heteroatoms. The number of hydrogen-bond donors (Lipinski definition) is 2. The van der Waals surface area contributed by atoms with Crippen LogP contribution in [0.5, 0.6) is 0 Å². The number of aliphatic hydroxyl groups is 1. The number of nitrogens with zero attached hydrogens (tertiary/aromatic N) is 1. The molecule has 4 rings (SSSR count). The summed E-state index contributed by atoms with van der Waals surface area (Å²) in [4.78, 5) is 29.5. The highest BCUT2D eigenvalue weighted by Crippen LogP contribution is 2.37. The highest BCUT2D eigenvalue weighted by Gasteiger charge is 2.24. The van der Waals surface area contributed by atoms with E-state index in [1.165, 1.54) is 11.3 Å². The predicted octanol–water partition coefficient (Wildman–Crippen LogP) is 5.83. The van der Waals surface area contributed by atoms with Crippen LogP contribution in [-0.4, -0.2) is 33.7 Å². The van der Waals surface area contributed by atoms with Gasteiger partial charge in [-0.3, -0.25) is 4.79 Å². The number of hydrogen-bond acceptors (Lipinski definition) is 5. The van der Waals surface area contributed by atoms with Gasteiger partial charge in [-0.1, -0.05) is 30.3 Å². The number of benzene rings is 2. The van der Waals surface area contributed by atoms with E-state index in [9.17, 15) is 14.7 Å². The molecule has 2 N–H and O–H groups in total. The lowest BCUT2D eigenvalue weighted by Gasteiger charge is -2.29.